The zero-order valence-corrected chi connectivity index (χ0v) is 19.5. The van der Waals surface area contributed by atoms with Crippen LogP contribution in [-0.4, -0.2) is 30.9 Å². The molecule has 0 aliphatic carbocycles. The van der Waals surface area contributed by atoms with Gasteiger partial charge >= 0.3 is 0 Å². The number of likely N-dealkylation sites (N-methyl/N-ethyl adjacent to an activating group) is 1. The van der Waals surface area contributed by atoms with Crippen LogP contribution in [0, 0.1) is 0 Å². The number of hydrogen-bond acceptors (Lipinski definition) is 3. The Morgan fingerprint density at radius 1 is 0.971 bits per heavy atom. The van der Waals surface area contributed by atoms with E-state index in [1.54, 1.807) is 14.0 Å². The second-order valence-electron chi connectivity index (χ2n) is 9.00. The number of nitrogens with one attached hydrogen (secondary N) is 2. The molecular formula is C29H29N3O2. The zero-order valence-electron chi connectivity index (χ0n) is 19.5. The molecule has 0 aromatic heterocycles. The van der Waals surface area contributed by atoms with Gasteiger partial charge in [0.2, 0.25) is 11.8 Å². The molecule has 1 aliphatic rings. The minimum absolute atomic E-state index is 0.0700. The van der Waals surface area contributed by atoms with E-state index in [1.807, 2.05) is 35.2 Å². The van der Waals surface area contributed by atoms with Gasteiger partial charge in [-0.05, 0) is 77.7 Å². The van der Waals surface area contributed by atoms with Gasteiger partial charge in [0.1, 0.15) is 6.04 Å². The molecule has 1 unspecified atom stereocenters. The summed E-state index contributed by atoms with van der Waals surface area (Å²) < 4.78 is 0. The topological polar surface area (TPSA) is 61.4 Å². The van der Waals surface area contributed by atoms with E-state index in [-0.39, 0.29) is 17.9 Å². The molecule has 4 aromatic rings. The average molecular weight is 452 g/mol. The first kappa shape index (κ1) is 22.1. The Kier molecular flexibility index (Phi) is 6.03. The molecule has 5 nitrogen and oxygen atoms in total. The van der Waals surface area contributed by atoms with Gasteiger partial charge in [-0.1, -0.05) is 60.7 Å². The number of para-hydroxylation sites is 1. The first-order valence-electron chi connectivity index (χ1n) is 11.8. The number of benzene rings is 4. The van der Waals surface area contributed by atoms with Crippen LogP contribution in [0.5, 0.6) is 0 Å². The first-order valence-corrected chi connectivity index (χ1v) is 11.8. The van der Waals surface area contributed by atoms with Crippen LogP contribution in [0.1, 0.15) is 24.5 Å². The molecule has 0 saturated carbocycles. The van der Waals surface area contributed by atoms with E-state index in [1.165, 1.54) is 10.8 Å². The maximum atomic E-state index is 13.8. The van der Waals surface area contributed by atoms with Crippen molar-refractivity contribution in [3.8, 4) is 0 Å². The third kappa shape index (κ3) is 4.15. The van der Waals surface area contributed by atoms with Crippen molar-refractivity contribution in [3.05, 3.63) is 90.0 Å². The van der Waals surface area contributed by atoms with E-state index < -0.39 is 6.04 Å². The first-order chi connectivity index (χ1) is 16.5. The fourth-order valence-electron chi connectivity index (χ4n) is 4.78. The van der Waals surface area contributed by atoms with E-state index in [0.717, 1.165) is 34.0 Å². The van der Waals surface area contributed by atoms with Gasteiger partial charge in [0.25, 0.3) is 0 Å². The monoisotopic (exact) mass is 451 g/mol. The lowest BCUT2D eigenvalue weighted by Crippen LogP contribution is -2.52. The maximum absolute atomic E-state index is 13.8. The Morgan fingerprint density at radius 2 is 1.68 bits per heavy atom. The van der Waals surface area contributed by atoms with Crippen molar-refractivity contribution in [2.45, 2.75) is 38.4 Å². The molecule has 34 heavy (non-hydrogen) atoms. The highest BCUT2D eigenvalue weighted by Gasteiger charge is 2.32. The summed E-state index contributed by atoms with van der Waals surface area (Å²) in [6.45, 7) is 2.24. The molecular weight excluding hydrogens is 422 g/mol. The van der Waals surface area contributed by atoms with Gasteiger partial charge < -0.3 is 15.5 Å². The quantitative estimate of drug-likeness (QED) is 0.437. The highest BCUT2D eigenvalue weighted by atomic mass is 16.2. The Balaban J connectivity index is 1.55. The van der Waals surface area contributed by atoms with E-state index in [9.17, 15) is 9.59 Å². The molecule has 0 bridgehead atoms. The molecule has 0 radical (unpaired) electrons. The third-order valence-corrected chi connectivity index (χ3v) is 6.86. The van der Waals surface area contributed by atoms with Crippen LogP contribution < -0.4 is 15.5 Å². The van der Waals surface area contributed by atoms with Gasteiger partial charge in [-0.25, -0.2) is 0 Å². The van der Waals surface area contributed by atoms with Gasteiger partial charge in [-0.3, -0.25) is 9.59 Å². The number of rotatable bonds is 5. The summed E-state index contributed by atoms with van der Waals surface area (Å²) in [6, 6.07) is 26.1. The average Bonchev–Trinajstić information content (AvgIpc) is 2.99. The Bertz CT molecular complexity index is 1380. The van der Waals surface area contributed by atoms with E-state index >= 15 is 0 Å². The largest absolute Gasteiger partial charge is 0.343 e. The van der Waals surface area contributed by atoms with Gasteiger partial charge in [-0.15, -0.1) is 0 Å². The Morgan fingerprint density at radius 3 is 2.47 bits per heavy atom. The summed E-state index contributed by atoms with van der Waals surface area (Å²) in [6.07, 6.45) is 1.31. The number of carbonyl (C=O) groups is 2. The number of amides is 2. The number of nitrogens with zero attached hydrogens (tertiary/aromatic N) is 1. The summed E-state index contributed by atoms with van der Waals surface area (Å²) in [4.78, 5) is 28.2. The molecule has 172 valence electrons. The predicted molar refractivity (Wildman–Crippen MR) is 138 cm³/mol. The summed E-state index contributed by atoms with van der Waals surface area (Å²) >= 11 is 0. The molecule has 1 aliphatic heterocycles. The van der Waals surface area contributed by atoms with E-state index in [4.69, 9.17) is 0 Å². The minimum atomic E-state index is -0.563. The van der Waals surface area contributed by atoms with Gasteiger partial charge in [0.05, 0.1) is 12.6 Å². The molecule has 2 N–H and O–H groups in total. The minimum Gasteiger partial charge on any atom is -0.343 e. The van der Waals surface area contributed by atoms with Crippen LogP contribution in [0.4, 0.5) is 5.69 Å². The van der Waals surface area contributed by atoms with Crippen LogP contribution in [0.25, 0.3) is 21.5 Å². The molecule has 0 saturated heterocycles. The summed E-state index contributed by atoms with van der Waals surface area (Å²) in [5, 5.41) is 10.6. The lowest BCUT2D eigenvalue weighted by Gasteiger charge is -2.27. The molecule has 0 fully saturated rings. The molecule has 5 rings (SSSR count). The summed E-state index contributed by atoms with van der Waals surface area (Å²) in [5.74, 6) is -0.234. The van der Waals surface area contributed by atoms with Crippen molar-refractivity contribution >= 4 is 39.0 Å². The molecule has 2 atom stereocenters. The van der Waals surface area contributed by atoms with Crippen molar-refractivity contribution in [2.24, 2.45) is 0 Å². The van der Waals surface area contributed by atoms with Crippen molar-refractivity contribution in [3.63, 3.8) is 0 Å². The molecule has 5 heteroatoms. The number of hydrogen-bond donors (Lipinski definition) is 2. The van der Waals surface area contributed by atoms with E-state index in [2.05, 4.69) is 59.2 Å². The predicted octanol–water partition coefficient (Wildman–Crippen LogP) is 4.57. The Labute approximate surface area is 199 Å². The van der Waals surface area contributed by atoms with Crippen LogP contribution in [0.2, 0.25) is 0 Å². The molecule has 0 spiro atoms. The van der Waals surface area contributed by atoms with Gasteiger partial charge in [0, 0.05) is 5.69 Å². The number of carbonyl (C=O) groups excluding carboxylic acids is 2. The second-order valence-corrected chi connectivity index (χ2v) is 9.00. The molecule has 4 aromatic carbocycles. The van der Waals surface area contributed by atoms with Gasteiger partial charge in [0.15, 0.2) is 0 Å². The lowest BCUT2D eigenvalue weighted by molar-refractivity contribution is -0.128. The number of aryl methyl sites for hydroxylation is 1. The number of fused-ring (bicyclic) bond motifs is 3. The Hall–Kier alpha value is -3.70. The van der Waals surface area contributed by atoms with Crippen molar-refractivity contribution in [1.29, 1.82) is 0 Å². The zero-order chi connectivity index (χ0) is 23.7. The fourth-order valence-corrected chi connectivity index (χ4v) is 4.78. The SMILES string of the molecule is CNC(C)C(=O)N[C@H]1CCc2ccccc2N(Cc2cccc3cc4ccccc4cc23)C1=O. The van der Waals surface area contributed by atoms with Crippen LogP contribution >= 0.6 is 0 Å². The molecule has 1 heterocycles. The number of anilines is 1. The molecule has 2 amide bonds. The normalized spacial score (nSPS) is 16.8. The standard InChI is InChI=1S/C29H29N3O2/c1-19(30-2)28(33)31-26-15-14-20-8-5-6-13-27(20)32(29(26)34)18-24-12-7-11-23-16-21-9-3-4-10-22(21)17-25(23)24/h3-13,16-17,19,26,30H,14-15,18H2,1-2H3,(H,31,33)/t19?,26-/m0/s1. The highest BCUT2D eigenvalue weighted by Crippen LogP contribution is 2.31. The van der Waals surface area contributed by atoms with Crippen LogP contribution in [0.3, 0.4) is 0 Å². The highest BCUT2D eigenvalue weighted by molar-refractivity contribution is 6.03. The van der Waals surface area contributed by atoms with Crippen molar-refractivity contribution in [2.75, 3.05) is 11.9 Å². The second kappa shape index (κ2) is 9.27. The fraction of sp³-hybridized carbons (Fsp3) is 0.241. The third-order valence-electron chi connectivity index (χ3n) is 6.86. The maximum Gasteiger partial charge on any atom is 0.249 e. The van der Waals surface area contributed by atoms with Crippen LogP contribution in [-0.2, 0) is 22.6 Å². The lowest BCUT2D eigenvalue weighted by atomic mass is 9.99. The van der Waals surface area contributed by atoms with Gasteiger partial charge in [-0.2, -0.15) is 0 Å². The van der Waals surface area contributed by atoms with E-state index in [0.29, 0.717) is 13.0 Å². The van der Waals surface area contributed by atoms with Crippen LogP contribution in [0.15, 0.2) is 78.9 Å². The van der Waals surface area contributed by atoms with Crippen molar-refractivity contribution in [1.82, 2.24) is 10.6 Å². The summed E-state index contributed by atoms with van der Waals surface area (Å²) in [7, 11) is 1.74. The van der Waals surface area contributed by atoms with Crippen molar-refractivity contribution < 1.29 is 9.59 Å². The smallest absolute Gasteiger partial charge is 0.249 e. The summed E-state index contributed by atoms with van der Waals surface area (Å²) in [5.41, 5.74) is 3.13.